The number of nitrogens with one attached hydrogen (secondary N) is 1. The maximum atomic E-state index is 11.2. The summed E-state index contributed by atoms with van der Waals surface area (Å²) < 4.78 is 4.85. The highest BCUT2D eigenvalue weighted by molar-refractivity contribution is 5.70. The monoisotopic (exact) mass is 217 g/mol. The molecule has 3 unspecified atom stereocenters. The Morgan fingerprint density at radius 1 is 1.40 bits per heavy atom. The molecule has 0 aromatic rings. The Kier molecular flexibility index (Phi) is 7.34. The van der Waals surface area contributed by atoms with Crippen molar-refractivity contribution >= 4 is 5.97 Å². The molecule has 0 saturated carbocycles. The fraction of sp³-hybridized carbons (Fsp3) is 0.909. The summed E-state index contributed by atoms with van der Waals surface area (Å²) in [5.41, 5.74) is 0. The molecule has 0 spiro atoms. The van der Waals surface area contributed by atoms with Gasteiger partial charge >= 0.3 is 5.97 Å². The summed E-state index contributed by atoms with van der Waals surface area (Å²) >= 11 is 0. The Balaban J connectivity index is 3.82. The van der Waals surface area contributed by atoms with E-state index in [0.29, 0.717) is 13.0 Å². The zero-order valence-corrected chi connectivity index (χ0v) is 10.1. The van der Waals surface area contributed by atoms with Crippen molar-refractivity contribution in [2.75, 3.05) is 13.2 Å². The molecule has 15 heavy (non-hydrogen) atoms. The van der Waals surface area contributed by atoms with Gasteiger partial charge in [-0.05, 0) is 26.7 Å². The molecule has 2 N–H and O–H groups in total. The van der Waals surface area contributed by atoms with Gasteiger partial charge in [-0.2, -0.15) is 0 Å². The highest BCUT2D eigenvalue weighted by Crippen LogP contribution is 2.04. The van der Waals surface area contributed by atoms with Crippen molar-refractivity contribution in [3.8, 4) is 0 Å². The smallest absolute Gasteiger partial charge is 0.307 e. The van der Waals surface area contributed by atoms with E-state index < -0.39 is 0 Å². The molecule has 3 atom stereocenters. The zero-order valence-electron chi connectivity index (χ0n) is 10.1. The van der Waals surface area contributed by atoms with Crippen molar-refractivity contribution < 1.29 is 14.6 Å². The number of carbonyl (C=O) groups excluding carboxylic acids is 1. The molecule has 0 heterocycles. The molecule has 0 radical (unpaired) electrons. The SMILES string of the molecule is CCOC(=O)CC(C)NC(C)C(C)CO. The number of aliphatic hydroxyl groups is 1. The third kappa shape index (κ3) is 6.47. The first kappa shape index (κ1) is 14.4. The molecule has 0 aromatic heterocycles. The van der Waals surface area contributed by atoms with Crippen LogP contribution in [0.15, 0.2) is 0 Å². The largest absolute Gasteiger partial charge is 0.466 e. The van der Waals surface area contributed by atoms with Gasteiger partial charge in [-0.15, -0.1) is 0 Å². The van der Waals surface area contributed by atoms with Gasteiger partial charge in [0, 0.05) is 18.7 Å². The summed E-state index contributed by atoms with van der Waals surface area (Å²) in [4.78, 5) is 11.2. The molecule has 0 bridgehead atoms. The molecule has 4 heteroatoms. The molecular formula is C11H23NO3. The van der Waals surface area contributed by atoms with Crippen LogP contribution in [0.5, 0.6) is 0 Å². The lowest BCUT2D eigenvalue weighted by molar-refractivity contribution is -0.143. The molecule has 0 aromatic carbocycles. The van der Waals surface area contributed by atoms with E-state index in [1.165, 1.54) is 0 Å². The Hall–Kier alpha value is -0.610. The number of carbonyl (C=O) groups is 1. The second-order valence-corrected chi connectivity index (χ2v) is 4.03. The fourth-order valence-corrected chi connectivity index (χ4v) is 1.30. The molecular weight excluding hydrogens is 194 g/mol. The van der Waals surface area contributed by atoms with Gasteiger partial charge in [-0.3, -0.25) is 4.79 Å². The average Bonchev–Trinajstić information content (AvgIpc) is 2.16. The van der Waals surface area contributed by atoms with E-state index in [1.54, 1.807) is 6.92 Å². The van der Waals surface area contributed by atoms with Crippen LogP contribution in [0, 0.1) is 5.92 Å². The Morgan fingerprint density at radius 2 is 2.00 bits per heavy atom. The highest BCUT2D eigenvalue weighted by atomic mass is 16.5. The average molecular weight is 217 g/mol. The minimum atomic E-state index is -0.179. The number of ether oxygens (including phenoxy) is 1. The Morgan fingerprint density at radius 3 is 2.47 bits per heavy atom. The molecule has 0 aliphatic rings. The summed E-state index contributed by atoms with van der Waals surface area (Å²) in [6.45, 7) is 8.29. The molecule has 0 saturated heterocycles. The maximum Gasteiger partial charge on any atom is 0.307 e. The van der Waals surface area contributed by atoms with Crippen LogP contribution in [0.4, 0.5) is 0 Å². The summed E-state index contributed by atoms with van der Waals surface area (Å²) in [6, 6.07) is 0.271. The summed E-state index contributed by atoms with van der Waals surface area (Å²) in [5.74, 6) is 0.0102. The van der Waals surface area contributed by atoms with Crippen LogP contribution in [-0.2, 0) is 9.53 Å². The first-order valence-electron chi connectivity index (χ1n) is 5.53. The van der Waals surface area contributed by atoms with E-state index in [-0.39, 0.29) is 30.6 Å². The third-order valence-electron chi connectivity index (χ3n) is 2.47. The van der Waals surface area contributed by atoms with E-state index in [9.17, 15) is 4.79 Å². The van der Waals surface area contributed by atoms with Crippen molar-refractivity contribution in [1.29, 1.82) is 0 Å². The lowest BCUT2D eigenvalue weighted by atomic mass is 10.0. The van der Waals surface area contributed by atoms with E-state index >= 15 is 0 Å². The van der Waals surface area contributed by atoms with Crippen molar-refractivity contribution in [3.05, 3.63) is 0 Å². The number of aliphatic hydroxyl groups excluding tert-OH is 1. The minimum absolute atomic E-state index is 0.0769. The van der Waals surface area contributed by atoms with Gasteiger partial charge in [0.1, 0.15) is 0 Å². The van der Waals surface area contributed by atoms with Gasteiger partial charge < -0.3 is 15.2 Å². The highest BCUT2D eigenvalue weighted by Gasteiger charge is 2.16. The predicted octanol–water partition coefficient (Wildman–Crippen LogP) is 0.935. The molecule has 4 nitrogen and oxygen atoms in total. The normalized spacial score (nSPS) is 16.9. The van der Waals surface area contributed by atoms with Crippen LogP contribution in [0.1, 0.15) is 34.1 Å². The molecule has 0 aliphatic heterocycles. The zero-order chi connectivity index (χ0) is 11.8. The van der Waals surface area contributed by atoms with Crippen LogP contribution in [0.2, 0.25) is 0 Å². The van der Waals surface area contributed by atoms with Gasteiger partial charge in [0.15, 0.2) is 0 Å². The van der Waals surface area contributed by atoms with Gasteiger partial charge in [0.05, 0.1) is 13.0 Å². The topological polar surface area (TPSA) is 58.6 Å². The molecule has 0 fully saturated rings. The van der Waals surface area contributed by atoms with Gasteiger partial charge in [-0.1, -0.05) is 6.92 Å². The number of rotatable bonds is 7. The first-order chi connectivity index (χ1) is 7.01. The summed E-state index contributed by atoms with van der Waals surface area (Å²) in [7, 11) is 0. The third-order valence-corrected chi connectivity index (χ3v) is 2.47. The van der Waals surface area contributed by atoms with E-state index in [0.717, 1.165) is 0 Å². The van der Waals surface area contributed by atoms with Crippen molar-refractivity contribution in [2.45, 2.75) is 46.2 Å². The van der Waals surface area contributed by atoms with Crippen molar-refractivity contribution in [1.82, 2.24) is 5.32 Å². The second kappa shape index (κ2) is 7.65. The standard InChI is InChI=1S/C11H23NO3/c1-5-15-11(14)6-9(3)12-10(4)8(2)7-13/h8-10,12-13H,5-7H2,1-4H3. The number of hydrogen-bond acceptors (Lipinski definition) is 4. The van der Waals surface area contributed by atoms with Gasteiger partial charge in [-0.25, -0.2) is 0 Å². The van der Waals surface area contributed by atoms with Crippen LogP contribution >= 0.6 is 0 Å². The van der Waals surface area contributed by atoms with Gasteiger partial charge in [0.2, 0.25) is 0 Å². The predicted molar refractivity (Wildman–Crippen MR) is 59.6 cm³/mol. The number of hydrogen-bond donors (Lipinski definition) is 2. The lowest BCUT2D eigenvalue weighted by Crippen LogP contribution is -2.40. The fourth-order valence-electron chi connectivity index (χ4n) is 1.30. The van der Waals surface area contributed by atoms with E-state index in [4.69, 9.17) is 9.84 Å². The second-order valence-electron chi connectivity index (χ2n) is 4.03. The van der Waals surface area contributed by atoms with Crippen LogP contribution in [0.25, 0.3) is 0 Å². The molecule has 0 rings (SSSR count). The van der Waals surface area contributed by atoms with E-state index in [2.05, 4.69) is 5.32 Å². The van der Waals surface area contributed by atoms with Crippen molar-refractivity contribution in [2.24, 2.45) is 5.92 Å². The molecule has 0 aliphatic carbocycles. The van der Waals surface area contributed by atoms with Crippen LogP contribution in [0.3, 0.4) is 0 Å². The van der Waals surface area contributed by atoms with Crippen molar-refractivity contribution in [3.63, 3.8) is 0 Å². The Bertz CT molecular complexity index is 185. The minimum Gasteiger partial charge on any atom is -0.466 e. The molecule has 0 amide bonds. The summed E-state index contributed by atoms with van der Waals surface area (Å²) in [5, 5.41) is 12.2. The van der Waals surface area contributed by atoms with Crippen LogP contribution < -0.4 is 5.32 Å². The first-order valence-corrected chi connectivity index (χ1v) is 5.53. The maximum absolute atomic E-state index is 11.2. The van der Waals surface area contributed by atoms with E-state index in [1.807, 2.05) is 20.8 Å². The molecule has 90 valence electrons. The quantitative estimate of drug-likeness (QED) is 0.623. The summed E-state index contributed by atoms with van der Waals surface area (Å²) in [6.07, 6.45) is 0.371. The lowest BCUT2D eigenvalue weighted by Gasteiger charge is -2.23. The van der Waals surface area contributed by atoms with Gasteiger partial charge in [0.25, 0.3) is 0 Å². The Labute approximate surface area is 92.0 Å². The number of esters is 1. The van der Waals surface area contributed by atoms with Crippen LogP contribution in [-0.4, -0.2) is 36.4 Å².